The zero-order valence-corrected chi connectivity index (χ0v) is 13.7. The van der Waals surface area contributed by atoms with E-state index in [-0.39, 0.29) is 11.4 Å². The SMILES string of the molecule is Cc1cc(C)nc(Nc2ccc(C(=O)NC(C)(C)C)cc2)n1. The van der Waals surface area contributed by atoms with E-state index in [0.29, 0.717) is 11.5 Å². The molecule has 0 unspecified atom stereocenters. The fourth-order valence-electron chi connectivity index (χ4n) is 2.03. The number of hydrogen-bond acceptors (Lipinski definition) is 4. The third-order valence-corrected chi connectivity index (χ3v) is 2.87. The van der Waals surface area contributed by atoms with E-state index in [0.717, 1.165) is 17.1 Å². The quantitative estimate of drug-likeness (QED) is 0.911. The van der Waals surface area contributed by atoms with Crippen molar-refractivity contribution >= 4 is 17.5 Å². The van der Waals surface area contributed by atoms with Crippen molar-refractivity contribution in [3.8, 4) is 0 Å². The van der Waals surface area contributed by atoms with Crippen molar-refractivity contribution in [1.29, 1.82) is 0 Å². The fourth-order valence-corrected chi connectivity index (χ4v) is 2.03. The standard InChI is InChI=1S/C17H22N4O/c1-11-10-12(2)19-16(18-11)20-14-8-6-13(7-9-14)15(22)21-17(3,4)5/h6-10H,1-5H3,(H,21,22)(H,18,19,20). The van der Waals surface area contributed by atoms with Gasteiger partial charge in [0.15, 0.2) is 0 Å². The second kappa shape index (κ2) is 6.13. The lowest BCUT2D eigenvalue weighted by molar-refractivity contribution is 0.0919. The molecule has 0 fully saturated rings. The number of nitrogens with zero attached hydrogens (tertiary/aromatic N) is 2. The van der Waals surface area contributed by atoms with Crippen LogP contribution in [0.5, 0.6) is 0 Å². The third kappa shape index (κ3) is 4.55. The van der Waals surface area contributed by atoms with Crippen molar-refractivity contribution in [3.05, 3.63) is 47.3 Å². The molecule has 5 heteroatoms. The van der Waals surface area contributed by atoms with E-state index in [4.69, 9.17) is 0 Å². The summed E-state index contributed by atoms with van der Waals surface area (Å²) in [4.78, 5) is 20.7. The summed E-state index contributed by atoms with van der Waals surface area (Å²) < 4.78 is 0. The molecule has 1 aromatic carbocycles. The first-order valence-electron chi connectivity index (χ1n) is 7.25. The highest BCUT2D eigenvalue weighted by Crippen LogP contribution is 2.15. The summed E-state index contributed by atoms with van der Waals surface area (Å²) >= 11 is 0. The van der Waals surface area contributed by atoms with Crippen LogP contribution in [0.4, 0.5) is 11.6 Å². The number of carbonyl (C=O) groups is 1. The minimum Gasteiger partial charge on any atom is -0.347 e. The Bertz CT molecular complexity index is 652. The molecule has 2 rings (SSSR count). The van der Waals surface area contributed by atoms with Crippen LogP contribution < -0.4 is 10.6 Å². The van der Waals surface area contributed by atoms with Gasteiger partial charge in [0, 0.05) is 28.2 Å². The maximum absolute atomic E-state index is 12.1. The third-order valence-electron chi connectivity index (χ3n) is 2.87. The summed E-state index contributed by atoms with van der Waals surface area (Å²) in [5, 5.41) is 6.08. The van der Waals surface area contributed by atoms with Crippen molar-refractivity contribution < 1.29 is 4.79 Å². The monoisotopic (exact) mass is 298 g/mol. The van der Waals surface area contributed by atoms with Gasteiger partial charge in [0.1, 0.15) is 0 Å². The van der Waals surface area contributed by atoms with E-state index in [9.17, 15) is 4.79 Å². The number of carbonyl (C=O) groups excluding carboxylic acids is 1. The van der Waals surface area contributed by atoms with Crippen LogP contribution in [-0.4, -0.2) is 21.4 Å². The van der Waals surface area contributed by atoms with Gasteiger partial charge < -0.3 is 10.6 Å². The average Bonchev–Trinajstić information content (AvgIpc) is 2.36. The molecule has 1 amide bonds. The van der Waals surface area contributed by atoms with Crippen molar-refractivity contribution in [2.45, 2.75) is 40.2 Å². The Labute approximate surface area is 131 Å². The number of rotatable bonds is 3. The summed E-state index contributed by atoms with van der Waals surface area (Å²) in [6.07, 6.45) is 0. The molecule has 0 radical (unpaired) electrons. The number of aromatic nitrogens is 2. The van der Waals surface area contributed by atoms with Gasteiger partial charge in [-0.05, 0) is 65.0 Å². The number of hydrogen-bond donors (Lipinski definition) is 2. The number of nitrogens with one attached hydrogen (secondary N) is 2. The molecule has 2 N–H and O–H groups in total. The number of aryl methyl sites for hydroxylation is 2. The average molecular weight is 298 g/mol. The van der Waals surface area contributed by atoms with Gasteiger partial charge in [0.05, 0.1) is 0 Å². The Morgan fingerprint density at radius 3 is 2.05 bits per heavy atom. The van der Waals surface area contributed by atoms with Crippen molar-refractivity contribution in [2.24, 2.45) is 0 Å². The zero-order chi connectivity index (χ0) is 16.3. The molecule has 0 aliphatic heterocycles. The first-order valence-corrected chi connectivity index (χ1v) is 7.25. The van der Waals surface area contributed by atoms with Crippen LogP contribution in [0.3, 0.4) is 0 Å². The van der Waals surface area contributed by atoms with E-state index >= 15 is 0 Å². The van der Waals surface area contributed by atoms with Gasteiger partial charge >= 0.3 is 0 Å². The minimum atomic E-state index is -0.249. The van der Waals surface area contributed by atoms with E-state index in [2.05, 4.69) is 20.6 Å². The second-order valence-electron chi connectivity index (χ2n) is 6.38. The molecule has 0 atom stereocenters. The molecule has 1 aromatic heterocycles. The first-order chi connectivity index (χ1) is 10.2. The Kier molecular flexibility index (Phi) is 4.45. The summed E-state index contributed by atoms with van der Waals surface area (Å²) in [5.74, 6) is 0.478. The lowest BCUT2D eigenvalue weighted by atomic mass is 10.1. The van der Waals surface area contributed by atoms with Crippen LogP contribution in [0.2, 0.25) is 0 Å². The van der Waals surface area contributed by atoms with Crippen molar-refractivity contribution in [1.82, 2.24) is 15.3 Å². The van der Waals surface area contributed by atoms with E-state index in [1.165, 1.54) is 0 Å². The lowest BCUT2D eigenvalue weighted by Crippen LogP contribution is -2.40. The molecule has 0 bridgehead atoms. The Morgan fingerprint density at radius 2 is 1.55 bits per heavy atom. The molecule has 0 saturated carbocycles. The number of benzene rings is 1. The van der Waals surface area contributed by atoms with Crippen LogP contribution in [0.1, 0.15) is 42.5 Å². The van der Waals surface area contributed by atoms with Gasteiger partial charge in [-0.3, -0.25) is 4.79 Å². The lowest BCUT2D eigenvalue weighted by Gasteiger charge is -2.20. The second-order valence-corrected chi connectivity index (χ2v) is 6.38. The van der Waals surface area contributed by atoms with E-state index in [1.807, 2.05) is 52.8 Å². The van der Waals surface area contributed by atoms with E-state index < -0.39 is 0 Å². The van der Waals surface area contributed by atoms with Crippen molar-refractivity contribution in [3.63, 3.8) is 0 Å². The number of anilines is 2. The van der Waals surface area contributed by atoms with Crippen molar-refractivity contribution in [2.75, 3.05) is 5.32 Å². The summed E-state index contributed by atoms with van der Waals surface area (Å²) in [5.41, 5.74) is 3.05. The smallest absolute Gasteiger partial charge is 0.251 e. The molecule has 0 spiro atoms. The maximum atomic E-state index is 12.1. The molecular weight excluding hydrogens is 276 g/mol. The highest BCUT2D eigenvalue weighted by Gasteiger charge is 2.15. The van der Waals surface area contributed by atoms with Crippen LogP contribution in [0, 0.1) is 13.8 Å². The van der Waals surface area contributed by atoms with Crippen LogP contribution >= 0.6 is 0 Å². The predicted octanol–water partition coefficient (Wildman–Crippen LogP) is 3.37. The van der Waals surface area contributed by atoms with Crippen LogP contribution in [-0.2, 0) is 0 Å². The van der Waals surface area contributed by atoms with Gasteiger partial charge in [-0.1, -0.05) is 0 Å². The fraction of sp³-hybridized carbons (Fsp3) is 0.353. The first kappa shape index (κ1) is 15.9. The summed E-state index contributed by atoms with van der Waals surface area (Å²) in [6, 6.07) is 9.18. The molecule has 0 aliphatic carbocycles. The predicted molar refractivity (Wildman–Crippen MR) is 88.4 cm³/mol. The molecule has 2 aromatic rings. The highest BCUT2D eigenvalue weighted by atomic mass is 16.1. The Balaban J connectivity index is 2.10. The summed E-state index contributed by atoms with van der Waals surface area (Å²) in [7, 11) is 0. The summed E-state index contributed by atoms with van der Waals surface area (Å²) in [6.45, 7) is 9.73. The van der Waals surface area contributed by atoms with Crippen LogP contribution in [0.15, 0.2) is 30.3 Å². The van der Waals surface area contributed by atoms with E-state index in [1.54, 1.807) is 12.1 Å². The largest absolute Gasteiger partial charge is 0.347 e. The maximum Gasteiger partial charge on any atom is 0.251 e. The van der Waals surface area contributed by atoms with Crippen LogP contribution in [0.25, 0.3) is 0 Å². The normalized spacial score (nSPS) is 11.1. The minimum absolute atomic E-state index is 0.0818. The van der Waals surface area contributed by atoms with Gasteiger partial charge in [-0.15, -0.1) is 0 Å². The molecule has 22 heavy (non-hydrogen) atoms. The van der Waals surface area contributed by atoms with Gasteiger partial charge in [0.25, 0.3) is 5.91 Å². The highest BCUT2D eigenvalue weighted by molar-refractivity contribution is 5.95. The Hall–Kier alpha value is -2.43. The molecule has 1 heterocycles. The van der Waals surface area contributed by atoms with Gasteiger partial charge in [-0.25, -0.2) is 9.97 Å². The molecular formula is C17H22N4O. The molecule has 5 nitrogen and oxygen atoms in total. The van der Waals surface area contributed by atoms with Gasteiger partial charge in [-0.2, -0.15) is 0 Å². The molecule has 0 aliphatic rings. The number of amides is 1. The zero-order valence-electron chi connectivity index (χ0n) is 13.7. The molecule has 116 valence electrons. The Morgan fingerprint density at radius 1 is 1.00 bits per heavy atom. The van der Waals surface area contributed by atoms with Gasteiger partial charge in [0.2, 0.25) is 5.95 Å². The topological polar surface area (TPSA) is 66.9 Å². The molecule has 0 saturated heterocycles.